The molecule has 0 aromatic heterocycles. The van der Waals surface area contributed by atoms with Crippen molar-refractivity contribution in [1.82, 2.24) is 4.90 Å². The molecule has 4 nitrogen and oxygen atoms in total. The largest absolute Gasteiger partial charge is 0.379 e. The molecule has 4 unspecified atom stereocenters. The normalized spacial score (nSPS) is 61.8. The van der Waals surface area contributed by atoms with Crippen LogP contribution in [0.2, 0.25) is 0 Å². The van der Waals surface area contributed by atoms with E-state index in [0.29, 0.717) is 30.2 Å². The van der Waals surface area contributed by atoms with Gasteiger partial charge in [-0.1, -0.05) is 30.3 Å². The van der Waals surface area contributed by atoms with E-state index in [1.165, 1.54) is 0 Å². The van der Waals surface area contributed by atoms with Crippen LogP contribution in [0, 0.1) is 47.3 Å². The highest BCUT2D eigenvalue weighted by atomic mass is 16.3. The number of fused-ring (bicyclic) bond motifs is 1. The fourth-order valence-corrected chi connectivity index (χ4v) is 8.58. The van der Waals surface area contributed by atoms with Crippen molar-refractivity contribution in [3.05, 3.63) is 35.9 Å². The van der Waals surface area contributed by atoms with Crippen molar-refractivity contribution in [3.63, 3.8) is 0 Å². The van der Waals surface area contributed by atoms with E-state index in [0.717, 1.165) is 12.0 Å². The summed E-state index contributed by atoms with van der Waals surface area (Å²) in [7, 11) is 0. The average Bonchev–Trinajstić information content (AvgIpc) is 3.05. The van der Waals surface area contributed by atoms with Crippen LogP contribution in [-0.2, 0) is 11.3 Å². The Morgan fingerprint density at radius 2 is 1.70 bits per heavy atom. The maximum absolute atomic E-state index is 13.2. The monoisotopic (exact) mass is 309 g/mol. The molecule has 1 aromatic rings. The van der Waals surface area contributed by atoms with Gasteiger partial charge >= 0.3 is 0 Å². The highest BCUT2D eigenvalue weighted by Crippen LogP contribution is 2.89. The number of aliphatic hydroxyl groups is 2. The fourth-order valence-electron chi connectivity index (χ4n) is 8.58. The van der Waals surface area contributed by atoms with Crippen molar-refractivity contribution in [2.45, 2.75) is 24.3 Å². The SMILES string of the molecule is O=C1N(Cc2ccccc2)C2(O)C3C4[C@@H]5[C@H]6C[C@@H]([C@H]35)[C@H]2[C@@H]6C14O. The number of piperidine rings is 2. The van der Waals surface area contributed by atoms with E-state index in [9.17, 15) is 15.0 Å². The number of hydrogen-bond donors (Lipinski definition) is 2. The van der Waals surface area contributed by atoms with Gasteiger partial charge in [-0.2, -0.15) is 0 Å². The summed E-state index contributed by atoms with van der Waals surface area (Å²) in [5.74, 6) is 2.24. The molecule has 8 rings (SSSR count). The van der Waals surface area contributed by atoms with Gasteiger partial charge in [0.1, 0.15) is 5.72 Å². The minimum absolute atomic E-state index is 0.0297. The van der Waals surface area contributed by atoms with Gasteiger partial charge in [-0.05, 0) is 35.7 Å². The molecule has 2 N–H and O–H groups in total. The molecule has 7 fully saturated rings. The maximum Gasteiger partial charge on any atom is 0.257 e. The van der Waals surface area contributed by atoms with Gasteiger partial charge in [0.2, 0.25) is 0 Å². The lowest BCUT2D eigenvalue weighted by molar-refractivity contribution is -0.304. The van der Waals surface area contributed by atoms with Gasteiger partial charge in [-0.3, -0.25) is 4.79 Å². The van der Waals surface area contributed by atoms with E-state index in [-0.39, 0.29) is 29.6 Å². The Hall–Kier alpha value is -1.39. The van der Waals surface area contributed by atoms with Crippen LogP contribution in [0.1, 0.15) is 12.0 Å². The highest BCUT2D eigenvalue weighted by Gasteiger charge is 2.96. The molecule has 2 aliphatic heterocycles. The molecule has 118 valence electrons. The third-order valence-electron chi connectivity index (χ3n) is 8.70. The van der Waals surface area contributed by atoms with Gasteiger partial charge in [-0.25, -0.2) is 0 Å². The Bertz CT molecular complexity index is 780. The predicted molar refractivity (Wildman–Crippen MR) is 79.4 cm³/mol. The first-order valence-corrected chi connectivity index (χ1v) is 8.90. The number of benzene rings is 1. The van der Waals surface area contributed by atoms with Gasteiger partial charge < -0.3 is 15.1 Å². The second-order valence-electron chi connectivity index (χ2n) is 8.81. The van der Waals surface area contributed by atoms with E-state index in [4.69, 9.17) is 0 Å². The van der Waals surface area contributed by atoms with Crippen LogP contribution in [0.4, 0.5) is 0 Å². The first kappa shape index (κ1) is 12.0. The quantitative estimate of drug-likeness (QED) is 0.851. The third kappa shape index (κ3) is 0.869. The van der Waals surface area contributed by atoms with Gasteiger partial charge in [0.15, 0.2) is 5.60 Å². The number of amides is 1. The van der Waals surface area contributed by atoms with Crippen LogP contribution in [0.3, 0.4) is 0 Å². The summed E-state index contributed by atoms with van der Waals surface area (Å²) in [6.45, 7) is 0.416. The van der Waals surface area contributed by atoms with Crippen molar-refractivity contribution < 1.29 is 15.0 Å². The average molecular weight is 309 g/mol. The number of rotatable bonds is 2. The second-order valence-corrected chi connectivity index (χ2v) is 8.81. The lowest BCUT2D eigenvalue weighted by atomic mass is 9.50. The molecule has 4 bridgehead atoms. The van der Waals surface area contributed by atoms with E-state index in [1.54, 1.807) is 4.90 Å². The number of nitrogens with zero attached hydrogens (tertiary/aromatic N) is 1. The molecule has 2 saturated heterocycles. The number of carbonyl (C=O) groups is 1. The summed E-state index contributed by atoms with van der Waals surface area (Å²) < 4.78 is 0. The smallest absolute Gasteiger partial charge is 0.257 e. The fraction of sp³-hybridized carbons (Fsp3) is 0.632. The van der Waals surface area contributed by atoms with Crippen LogP contribution in [0.5, 0.6) is 0 Å². The van der Waals surface area contributed by atoms with Gasteiger partial charge in [0.05, 0.1) is 0 Å². The molecule has 5 saturated carbocycles. The molecular weight excluding hydrogens is 290 g/mol. The van der Waals surface area contributed by atoms with E-state index >= 15 is 0 Å². The van der Waals surface area contributed by atoms with Crippen molar-refractivity contribution in [1.29, 1.82) is 0 Å². The second kappa shape index (κ2) is 3.09. The number of hydrogen-bond acceptors (Lipinski definition) is 3. The van der Waals surface area contributed by atoms with Crippen LogP contribution < -0.4 is 0 Å². The zero-order chi connectivity index (χ0) is 15.3. The molecule has 2 heterocycles. The summed E-state index contributed by atoms with van der Waals surface area (Å²) in [5, 5.41) is 23.2. The molecule has 0 spiro atoms. The standard InChI is InChI=1S/C19H19NO3/c21-17-18(22)13-9-6-10-12-11(9)15(18)16(12)19(23,14(10)13)20(17)7-8-4-2-1-3-5-8/h1-5,9-16,22-23H,6-7H2/t9-,10+,11-,12+,13-,14+,15?,16?,18?,19?/m1/s1. The minimum Gasteiger partial charge on any atom is -0.379 e. The van der Waals surface area contributed by atoms with E-state index in [2.05, 4.69) is 0 Å². The zero-order valence-electron chi connectivity index (χ0n) is 12.7. The Morgan fingerprint density at radius 3 is 2.48 bits per heavy atom. The molecule has 1 aromatic carbocycles. The van der Waals surface area contributed by atoms with Crippen molar-refractivity contribution in [3.8, 4) is 0 Å². The Balaban J connectivity index is 1.42. The molecule has 23 heavy (non-hydrogen) atoms. The Morgan fingerprint density at radius 1 is 1.00 bits per heavy atom. The van der Waals surface area contributed by atoms with Crippen LogP contribution in [0.25, 0.3) is 0 Å². The number of carbonyl (C=O) groups excluding carboxylic acids is 1. The first-order chi connectivity index (χ1) is 11.1. The lowest BCUT2D eigenvalue weighted by Crippen LogP contribution is -2.80. The van der Waals surface area contributed by atoms with Gasteiger partial charge in [0, 0.05) is 30.2 Å². The van der Waals surface area contributed by atoms with Crippen molar-refractivity contribution in [2.75, 3.05) is 0 Å². The lowest BCUT2D eigenvalue weighted by Gasteiger charge is -2.65. The molecule has 1 amide bonds. The zero-order valence-corrected chi connectivity index (χ0v) is 12.7. The summed E-state index contributed by atoms with van der Waals surface area (Å²) >= 11 is 0. The van der Waals surface area contributed by atoms with Gasteiger partial charge in [0.25, 0.3) is 5.91 Å². The van der Waals surface area contributed by atoms with Crippen LogP contribution in [-0.4, -0.2) is 32.3 Å². The topological polar surface area (TPSA) is 60.8 Å². The van der Waals surface area contributed by atoms with Crippen LogP contribution in [0.15, 0.2) is 30.3 Å². The Kier molecular flexibility index (Phi) is 1.62. The highest BCUT2D eigenvalue weighted by molar-refractivity contribution is 5.91. The molecule has 7 aliphatic rings. The molecular formula is C19H19NO3. The predicted octanol–water partition coefficient (Wildman–Crippen LogP) is 0.836. The molecule has 5 aliphatic carbocycles. The Labute approximate surface area is 134 Å². The summed E-state index contributed by atoms with van der Waals surface area (Å²) in [6, 6.07) is 9.86. The maximum atomic E-state index is 13.2. The summed E-state index contributed by atoms with van der Waals surface area (Å²) in [6.07, 6.45) is 1.13. The van der Waals surface area contributed by atoms with Crippen molar-refractivity contribution >= 4 is 5.91 Å². The van der Waals surface area contributed by atoms with E-state index < -0.39 is 11.3 Å². The summed E-state index contributed by atoms with van der Waals surface area (Å²) in [4.78, 5) is 14.8. The van der Waals surface area contributed by atoms with Crippen molar-refractivity contribution in [2.24, 2.45) is 47.3 Å². The minimum atomic E-state index is -1.17. The van der Waals surface area contributed by atoms with Gasteiger partial charge in [-0.15, -0.1) is 0 Å². The molecule has 4 heteroatoms. The molecule has 10 atom stereocenters. The molecule has 0 radical (unpaired) electrons. The van der Waals surface area contributed by atoms with Crippen LogP contribution >= 0.6 is 0 Å². The summed E-state index contributed by atoms with van der Waals surface area (Å²) in [5.41, 5.74) is -1.15. The first-order valence-electron chi connectivity index (χ1n) is 8.90. The van der Waals surface area contributed by atoms with E-state index in [1.807, 2.05) is 30.3 Å². The third-order valence-corrected chi connectivity index (χ3v) is 8.70.